The molecule has 1 aromatic carbocycles. The lowest BCUT2D eigenvalue weighted by molar-refractivity contribution is -0.121. The van der Waals surface area contributed by atoms with E-state index >= 15 is 0 Å². The Balaban J connectivity index is 0.00000392. The zero-order valence-electron chi connectivity index (χ0n) is 16.6. The monoisotopic (exact) mass is 410 g/mol. The fraction of sp³-hybridized carbons (Fsp3) is 0.550. The van der Waals surface area contributed by atoms with Gasteiger partial charge in [0.15, 0.2) is 0 Å². The summed E-state index contributed by atoms with van der Waals surface area (Å²) in [5.41, 5.74) is 6.65. The first kappa shape index (κ1) is 23.9. The van der Waals surface area contributed by atoms with Gasteiger partial charge in [0, 0.05) is 49.3 Å². The molecule has 156 valence electrons. The molecule has 0 spiro atoms. The quantitative estimate of drug-likeness (QED) is 0.640. The van der Waals surface area contributed by atoms with Crippen molar-refractivity contribution in [1.29, 1.82) is 0 Å². The van der Waals surface area contributed by atoms with Gasteiger partial charge >= 0.3 is 0 Å². The summed E-state index contributed by atoms with van der Waals surface area (Å²) in [6, 6.07) is 6.95. The Hall–Kier alpha value is -2.12. The number of amides is 3. The lowest BCUT2D eigenvalue weighted by Crippen LogP contribution is -2.49. The molecule has 1 aromatic rings. The Morgan fingerprint density at radius 2 is 1.86 bits per heavy atom. The molecule has 0 radical (unpaired) electrons. The number of benzene rings is 1. The molecule has 7 nitrogen and oxygen atoms in total. The number of rotatable bonds is 7. The van der Waals surface area contributed by atoms with Gasteiger partial charge < -0.3 is 21.3 Å². The summed E-state index contributed by atoms with van der Waals surface area (Å²) in [7, 11) is 0. The van der Waals surface area contributed by atoms with E-state index in [1.54, 1.807) is 24.3 Å². The number of nitrogens with zero attached hydrogens (tertiary/aromatic N) is 1. The van der Waals surface area contributed by atoms with Crippen LogP contribution < -0.4 is 16.4 Å². The maximum atomic E-state index is 12.9. The molecule has 4 N–H and O–H groups in total. The van der Waals surface area contributed by atoms with Gasteiger partial charge in [0.2, 0.25) is 11.8 Å². The highest BCUT2D eigenvalue weighted by Crippen LogP contribution is 2.20. The lowest BCUT2D eigenvalue weighted by atomic mass is 10.0. The highest BCUT2D eigenvalue weighted by molar-refractivity contribution is 5.96. The van der Waals surface area contributed by atoms with Crippen molar-refractivity contribution in [3.63, 3.8) is 0 Å². The second-order valence-corrected chi connectivity index (χ2v) is 7.21. The van der Waals surface area contributed by atoms with E-state index in [1.807, 2.05) is 18.7 Å². The minimum absolute atomic E-state index is 0. The molecule has 0 saturated carbocycles. The number of piperidine rings is 1. The minimum atomic E-state index is -0.102. The van der Waals surface area contributed by atoms with E-state index < -0.39 is 0 Å². The minimum Gasteiger partial charge on any atom is -0.354 e. The fourth-order valence-electron chi connectivity index (χ4n) is 3.08. The Labute approximate surface area is 172 Å². The van der Waals surface area contributed by atoms with Crippen LogP contribution in [0.25, 0.3) is 0 Å². The maximum absolute atomic E-state index is 12.9. The number of halogens is 1. The molecule has 0 bridgehead atoms. The first-order chi connectivity index (χ1) is 12.9. The van der Waals surface area contributed by atoms with Crippen molar-refractivity contribution < 1.29 is 14.4 Å². The Morgan fingerprint density at radius 3 is 2.46 bits per heavy atom. The molecule has 0 aliphatic carbocycles. The van der Waals surface area contributed by atoms with Gasteiger partial charge in [0.05, 0.1) is 0 Å². The summed E-state index contributed by atoms with van der Waals surface area (Å²) < 4.78 is 0. The van der Waals surface area contributed by atoms with Crippen LogP contribution in [-0.2, 0) is 9.59 Å². The van der Waals surface area contributed by atoms with Crippen LogP contribution >= 0.6 is 12.4 Å². The van der Waals surface area contributed by atoms with Gasteiger partial charge in [-0.05, 0) is 43.5 Å². The van der Waals surface area contributed by atoms with E-state index in [0.717, 1.165) is 19.3 Å². The largest absolute Gasteiger partial charge is 0.354 e. The SMILES string of the molecule is CC(C)C(=O)Nc1ccc(C(=O)N2CCCCC2CNC(=O)CCN)cc1.Cl. The van der Waals surface area contributed by atoms with Gasteiger partial charge in [-0.15, -0.1) is 12.4 Å². The molecule has 1 atom stereocenters. The number of likely N-dealkylation sites (tertiary alicyclic amines) is 1. The highest BCUT2D eigenvalue weighted by Gasteiger charge is 2.27. The molecule has 1 fully saturated rings. The number of carbonyl (C=O) groups excluding carboxylic acids is 3. The van der Waals surface area contributed by atoms with Crippen LogP contribution in [0.1, 0.15) is 49.9 Å². The third-order valence-corrected chi connectivity index (χ3v) is 4.72. The normalized spacial score (nSPS) is 16.3. The molecule has 8 heteroatoms. The summed E-state index contributed by atoms with van der Waals surface area (Å²) >= 11 is 0. The zero-order chi connectivity index (χ0) is 19.8. The van der Waals surface area contributed by atoms with E-state index in [9.17, 15) is 14.4 Å². The fourth-order valence-corrected chi connectivity index (χ4v) is 3.08. The van der Waals surface area contributed by atoms with Crippen LogP contribution in [0.5, 0.6) is 0 Å². The van der Waals surface area contributed by atoms with Crippen molar-refractivity contribution in [2.75, 3.05) is 25.0 Å². The van der Waals surface area contributed by atoms with Gasteiger partial charge in [-0.25, -0.2) is 0 Å². The standard InChI is InChI=1S/C20H30N4O3.ClH/c1-14(2)19(26)23-16-8-6-15(7-9-16)20(27)24-12-4-3-5-17(24)13-22-18(25)10-11-21;/h6-9,14,17H,3-5,10-13,21H2,1-2H3,(H,22,25)(H,23,26);1H. The van der Waals surface area contributed by atoms with Crippen LogP contribution in [0.15, 0.2) is 24.3 Å². The van der Waals surface area contributed by atoms with Crippen molar-refractivity contribution in [2.45, 2.75) is 45.6 Å². The third-order valence-electron chi connectivity index (χ3n) is 4.72. The predicted octanol–water partition coefficient (Wildman–Crippen LogP) is 2.16. The average molecular weight is 411 g/mol. The molecule has 1 aliphatic rings. The molecule has 1 aliphatic heterocycles. The highest BCUT2D eigenvalue weighted by atomic mass is 35.5. The first-order valence-corrected chi connectivity index (χ1v) is 9.61. The van der Waals surface area contributed by atoms with Crippen LogP contribution in [0.4, 0.5) is 5.69 Å². The van der Waals surface area contributed by atoms with Crippen molar-refractivity contribution in [1.82, 2.24) is 10.2 Å². The molecule has 2 rings (SSSR count). The number of anilines is 1. The van der Waals surface area contributed by atoms with Crippen LogP contribution in [0, 0.1) is 5.92 Å². The molecule has 0 aromatic heterocycles. The Morgan fingerprint density at radius 1 is 1.18 bits per heavy atom. The number of nitrogens with one attached hydrogen (secondary N) is 2. The van der Waals surface area contributed by atoms with Gasteiger partial charge in [-0.2, -0.15) is 0 Å². The summed E-state index contributed by atoms with van der Waals surface area (Å²) in [4.78, 5) is 38.2. The van der Waals surface area contributed by atoms with Crippen LogP contribution in [-0.4, -0.2) is 48.3 Å². The topological polar surface area (TPSA) is 105 Å². The second-order valence-electron chi connectivity index (χ2n) is 7.21. The van der Waals surface area contributed by atoms with Crippen LogP contribution in [0.2, 0.25) is 0 Å². The van der Waals surface area contributed by atoms with E-state index in [-0.39, 0.29) is 42.1 Å². The van der Waals surface area contributed by atoms with E-state index in [0.29, 0.717) is 37.3 Å². The number of hydrogen-bond donors (Lipinski definition) is 3. The summed E-state index contributed by atoms with van der Waals surface area (Å²) in [5.74, 6) is -0.288. The van der Waals surface area contributed by atoms with Crippen molar-refractivity contribution in [3.8, 4) is 0 Å². The number of nitrogens with two attached hydrogens (primary N) is 1. The molecular formula is C20H31ClN4O3. The molecule has 1 unspecified atom stereocenters. The number of hydrogen-bond acceptors (Lipinski definition) is 4. The third kappa shape index (κ3) is 6.80. The predicted molar refractivity (Wildman–Crippen MR) is 113 cm³/mol. The molecule has 1 saturated heterocycles. The van der Waals surface area contributed by atoms with Gasteiger partial charge in [-0.3, -0.25) is 14.4 Å². The van der Waals surface area contributed by atoms with E-state index in [1.165, 1.54) is 0 Å². The summed E-state index contributed by atoms with van der Waals surface area (Å²) in [6.07, 6.45) is 3.17. The number of carbonyl (C=O) groups is 3. The second kappa shape index (κ2) is 11.7. The summed E-state index contributed by atoms with van der Waals surface area (Å²) in [5, 5.41) is 5.69. The van der Waals surface area contributed by atoms with Crippen molar-refractivity contribution in [3.05, 3.63) is 29.8 Å². The van der Waals surface area contributed by atoms with E-state index in [2.05, 4.69) is 10.6 Å². The first-order valence-electron chi connectivity index (χ1n) is 9.61. The molecule has 1 heterocycles. The molecule has 28 heavy (non-hydrogen) atoms. The molecule has 3 amide bonds. The average Bonchev–Trinajstić information content (AvgIpc) is 2.67. The maximum Gasteiger partial charge on any atom is 0.254 e. The molecular weight excluding hydrogens is 380 g/mol. The van der Waals surface area contributed by atoms with Gasteiger partial charge in [0.1, 0.15) is 0 Å². The Bertz CT molecular complexity index is 664. The van der Waals surface area contributed by atoms with E-state index in [4.69, 9.17) is 5.73 Å². The zero-order valence-corrected chi connectivity index (χ0v) is 17.4. The van der Waals surface area contributed by atoms with Crippen molar-refractivity contribution >= 4 is 35.8 Å². The van der Waals surface area contributed by atoms with Crippen LogP contribution in [0.3, 0.4) is 0 Å². The van der Waals surface area contributed by atoms with Gasteiger partial charge in [-0.1, -0.05) is 13.8 Å². The lowest BCUT2D eigenvalue weighted by Gasteiger charge is -2.36. The van der Waals surface area contributed by atoms with Crippen molar-refractivity contribution in [2.24, 2.45) is 11.7 Å². The Kier molecular flexibility index (Phi) is 9.96. The smallest absolute Gasteiger partial charge is 0.254 e. The summed E-state index contributed by atoms with van der Waals surface area (Å²) in [6.45, 7) is 5.11. The van der Waals surface area contributed by atoms with Gasteiger partial charge in [0.25, 0.3) is 5.91 Å².